The molecule has 1 aromatic rings. The van der Waals surface area contributed by atoms with Crippen LogP contribution in [0.3, 0.4) is 0 Å². The molecule has 0 amide bonds. The minimum atomic E-state index is 0.253. The molecule has 0 aliphatic rings. The van der Waals surface area contributed by atoms with Gasteiger partial charge in [-0.1, -0.05) is 37.6 Å². The zero-order valence-corrected chi connectivity index (χ0v) is 12.7. The molecule has 0 bridgehead atoms. The molecule has 18 heavy (non-hydrogen) atoms. The summed E-state index contributed by atoms with van der Waals surface area (Å²) < 4.78 is 0. The van der Waals surface area contributed by atoms with Crippen molar-refractivity contribution in [1.82, 2.24) is 4.90 Å². The summed E-state index contributed by atoms with van der Waals surface area (Å²) in [6.45, 7) is 10.3. The molecule has 0 saturated carbocycles. The molecule has 0 fully saturated rings. The Hall–Kier alpha value is -0.570. The minimum absolute atomic E-state index is 0.253. The number of nitrogens with two attached hydrogens (primary N) is 1. The Bertz CT molecular complexity index is 379. The van der Waals surface area contributed by atoms with Gasteiger partial charge in [0.2, 0.25) is 0 Å². The number of aryl methyl sites for hydroxylation is 1. The molecule has 102 valence electrons. The third-order valence-electron chi connectivity index (χ3n) is 3.73. The van der Waals surface area contributed by atoms with Gasteiger partial charge < -0.3 is 5.73 Å². The monoisotopic (exact) mass is 268 g/mol. The van der Waals surface area contributed by atoms with E-state index in [2.05, 4.69) is 43.9 Å². The summed E-state index contributed by atoms with van der Waals surface area (Å²) in [6.07, 6.45) is 1.13. The molecule has 0 heterocycles. The van der Waals surface area contributed by atoms with Crippen LogP contribution in [0, 0.1) is 6.92 Å². The van der Waals surface area contributed by atoms with E-state index in [0.717, 1.165) is 23.6 Å². The van der Waals surface area contributed by atoms with Crippen LogP contribution in [-0.4, -0.2) is 24.0 Å². The van der Waals surface area contributed by atoms with E-state index < -0.39 is 0 Å². The SMILES string of the molecule is CCC(C)N(CC)C(CN)c1ccc(C)c(Cl)c1. The van der Waals surface area contributed by atoms with Crippen molar-refractivity contribution in [3.05, 3.63) is 34.3 Å². The highest BCUT2D eigenvalue weighted by atomic mass is 35.5. The third-order valence-corrected chi connectivity index (χ3v) is 4.13. The van der Waals surface area contributed by atoms with Gasteiger partial charge in [-0.3, -0.25) is 4.90 Å². The molecule has 1 rings (SSSR count). The van der Waals surface area contributed by atoms with Gasteiger partial charge in [-0.15, -0.1) is 0 Å². The van der Waals surface area contributed by atoms with E-state index in [-0.39, 0.29) is 6.04 Å². The van der Waals surface area contributed by atoms with Gasteiger partial charge in [0.25, 0.3) is 0 Å². The molecule has 0 radical (unpaired) electrons. The Kier molecular flexibility index (Phi) is 6.13. The molecule has 0 aliphatic heterocycles. The maximum Gasteiger partial charge on any atom is 0.0473 e. The van der Waals surface area contributed by atoms with Crippen LogP contribution in [0.15, 0.2) is 18.2 Å². The summed E-state index contributed by atoms with van der Waals surface area (Å²) in [4.78, 5) is 2.45. The Balaban J connectivity index is 3.03. The van der Waals surface area contributed by atoms with Crippen LogP contribution in [-0.2, 0) is 0 Å². The Morgan fingerprint density at radius 1 is 1.33 bits per heavy atom. The van der Waals surface area contributed by atoms with Crippen molar-refractivity contribution < 1.29 is 0 Å². The first-order valence-corrected chi connectivity index (χ1v) is 7.14. The molecule has 2 nitrogen and oxygen atoms in total. The van der Waals surface area contributed by atoms with Crippen molar-refractivity contribution in [2.45, 2.75) is 46.2 Å². The van der Waals surface area contributed by atoms with Crippen LogP contribution in [0.4, 0.5) is 0 Å². The molecule has 0 aliphatic carbocycles. The molecule has 2 unspecified atom stereocenters. The second kappa shape index (κ2) is 7.13. The number of likely N-dealkylation sites (N-methyl/N-ethyl adjacent to an activating group) is 1. The number of rotatable bonds is 6. The Morgan fingerprint density at radius 3 is 2.44 bits per heavy atom. The quantitative estimate of drug-likeness (QED) is 0.851. The van der Waals surface area contributed by atoms with E-state index in [0.29, 0.717) is 12.6 Å². The molecular formula is C15H25ClN2. The molecule has 0 aromatic heterocycles. The topological polar surface area (TPSA) is 29.3 Å². The van der Waals surface area contributed by atoms with Crippen molar-refractivity contribution in [1.29, 1.82) is 0 Å². The Morgan fingerprint density at radius 2 is 2.00 bits per heavy atom. The molecule has 1 aromatic carbocycles. The van der Waals surface area contributed by atoms with Crippen molar-refractivity contribution in [2.75, 3.05) is 13.1 Å². The standard InChI is InChI=1S/C15H25ClN2/c1-5-12(4)18(6-2)15(10-17)13-8-7-11(3)14(16)9-13/h7-9,12,15H,5-6,10,17H2,1-4H3. The van der Waals surface area contributed by atoms with E-state index in [1.807, 2.05) is 6.92 Å². The number of benzene rings is 1. The first-order valence-electron chi connectivity index (χ1n) is 6.76. The zero-order valence-electron chi connectivity index (χ0n) is 11.9. The molecular weight excluding hydrogens is 244 g/mol. The minimum Gasteiger partial charge on any atom is -0.329 e. The van der Waals surface area contributed by atoms with E-state index in [4.69, 9.17) is 17.3 Å². The second-order valence-electron chi connectivity index (χ2n) is 4.85. The molecule has 0 spiro atoms. The largest absolute Gasteiger partial charge is 0.329 e. The van der Waals surface area contributed by atoms with Crippen LogP contribution in [0.25, 0.3) is 0 Å². The van der Waals surface area contributed by atoms with Gasteiger partial charge in [-0.2, -0.15) is 0 Å². The zero-order chi connectivity index (χ0) is 13.7. The number of halogens is 1. The average Bonchev–Trinajstić information content (AvgIpc) is 2.38. The first-order chi connectivity index (χ1) is 8.54. The van der Waals surface area contributed by atoms with Gasteiger partial charge in [0.05, 0.1) is 0 Å². The summed E-state index contributed by atoms with van der Waals surface area (Å²) in [5, 5.41) is 0.825. The summed E-state index contributed by atoms with van der Waals surface area (Å²) in [7, 11) is 0. The van der Waals surface area contributed by atoms with Crippen LogP contribution in [0.1, 0.15) is 44.4 Å². The predicted octanol–water partition coefficient (Wildman–Crippen LogP) is 3.77. The highest BCUT2D eigenvalue weighted by Crippen LogP contribution is 2.26. The fourth-order valence-corrected chi connectivity index (χ4v) is 2.54. The smallest absolute Gasteiger partial charge is 0.0473 e. The first kappa shape index (κ1) is 15.5. The van der Waals surface area contributed by atoms with Gasteiger partial charge in [0.1, 0.15) is 0 Å². The number of hydrogen-bond acceptors (Lipinski definition) is 2. The van der Waals surface area contributed by atoms with Gasteiger partial charge in [-0.25, -0.2) is 0 Å². The second-order valence-corrected chi connectivity index (χ2v) is 5.26. The van der Waals surface area contributed by atoms with Gasteiger partial charge in [-0.05, 0) is 44.0 Å². The fourth-order valence-electron chi connectivity index (χ4n) is 2.35. The summed E-state index contributed by atoms with van der Waals surface area (Å²) in [6, 6.07) is 7.06. The molecule has 3 heteroatoms. The van der Waals surface area contributed by atoms with Gasteiger partial charge in [0.15, 0.2) is 0 Å². The lowest BCUT2D eigenvalue weighted by atomic mass is 10.0. The van der Waals surface area contributed by atoms with Crippen molar-refractivity contribution >= 4 is 11.6 Å². The third kappa shape index (κ3) is 3.47. The maximum absolute atomic E-state index is 6.22. The lowest BCUT2D eigenvalue weighted by Crippen LogP contribution is -2.39. The molecule has 2 atom stereocenters. The average molecular weight is 269 g/mol. The van der Waals surface area contributed by atoms with Crippen LogP contribution in [0.2, 0.25) is 5.02 Å². The van der Waals surface area contributed by atoms with Gasteiger partial charge >= 0.3 is 0 Å². The fraction of sp³-hybridized carbons (Fsp3) is 0.600. The molecule has 0 saturated heterocycles. The van der Waals surface area contributed by atoms with E-state index >= 15 is 0 Å². The highest BCUT2D eigenvalue weighted by molar-refractivity contribution is 6.31. The Labute approximate surface area is 116 Å². The summed E-state index contributed by atoms with van der Waals surface area (Å²) in [5.74, 6) is 0. The van der Waals surface area contributed by atoms with Crippen molar-refractivity contribution in [2.24, 2.45) is 5.73 Å². The van der Waals surface area contributed by atoms with Crippen molar-refractivity contribution in [3.8, 4) is 0 Å². The summed E-state index contributed by atoms with van der Waals surface area (Å²) >= 11 is 6.22. The normalized spacial score (nSPS) is 14.8. The van der Waals surface area contributed by atoms with E-state index in [9.17, 15) is 0 Å². The van der Waals surface area contributed by atoms with Gasteiger partial charge in [0, 0.05) is 23.7 Å². The van der Waals surface area contributed by atoms with Crippen LogP contribution in [0.5, 0.6) is 0 Å². The lowest BCUT2D eigenvalue weighted by molar-refractivity contribution is 0.152. The number of hydrogen-bond donors (Lipinski definition) is 1. The van der Waals surface area contributed by atoms with Crippen molar-refractivity contribution in [3.63, 3.8) is 0 Å². The molecule has 2 N–H and O–H groups in total. The number of nitrogens with zero attached hydrogens (tertiary/aromatic N) is 1. The lowest BCUT2D eigenvalue weighted by Gasteiger charge is -2.35. The van der Waals surface area contributed by atoms with Crippen LogP contribution < -0.4 is 5.73 Å². The van der Waals surface area contributed by atoms with Crippen LogP contribution >= 0.6 is 11.6 Å². The maximum atomic E-state index is 6.22. The predicted molar refractivity (Wildman–Crippen MR) is 80.1 cm³/mol. The summed E-state index contributed by atoms with van der Waals surface area (Å²) in [5.41, 5.74) is 8.31. The van der Waals surface area contributed by atoms with E-state index in [1.165, 1.54) is 5.56 Å². The highest BCUT2D eigenvalue weighted by Gasteiger charge is 2.21. The van der Waals surface area contributed by atoms with E-state index in [1.54, 1.807) is 0 Å².